The average molecular weight is 289 g/mol. The standard InChI is InChI=1S/C14H27NO3S/c1-11(2)12-3-6-14(10-15,7-4-12)18-13-5-8-19(16,17)9-13/h11-13H,3-10,15H2,1-2H3. The van der Waals surface area contributed by atoms with Crippen molar-refractivity contribution in [3.63, 3.8) is 0 Å². The van der Waals surface area contributed by atoms with Crippen molar-refractivity contribution < 1.29 is 13.2 Å². The molecule has 4 nitrogen and oxygen atoms in total. The van der Waals surface area contributed by atoms with Crippen molar-refractivity contribution in [3.05, 3.63) is 0 Å². The molecule has 1 unspecified atom stereocenters. The van der Waals surface area contributed by atoms with Crippen LogP contribution in [0.4, 0.5) is 0 Å². The number of nitrogens with two attached hydrogens (primary N) is 1. The molecule has 1 saturated heterocycles. The molecule has 19 heavy (non-hydrogen) atoms. The van der Waals surface area contributed by atoms with Crippen LogP contribution in [0.1, 0.15) is 46.0 Å². The van der Waals surface area contributed by atoms with Gasteiger partial charge in [-0.3, -0.25) is 0 Å². The van der Waals surface area contributed by atoms with Crippen molar-refractivity contribution in [3.8, 4) is 0 Å². The Labute approximate surface area is 117 Å². The molecule has 2 aliphatic rings. The minimum Gasteiger partial charge on any atom is -0.369 e. The Balaban J connectivity index is 1.94. The van der Waals surface area contributed by atoms with Crippen molar-refractivity contribution in [2.24, 2.45) is 17.6 Å². The average Bonchev–Trinajstić information content (AvgIpc) is 2.69. The Morgan fingerprint density at radius 3 is 2.32 bits per heavy atom. The normalized spacial score (nSPS) is 38.7. The maximum absolute atomic E-state index is 11.5. The number of rotatable bonds is 4. The Kier molecular flexibility index (Phi) is 4.58. The summed E-state index contributed by atoms with van der Waals surface area (Å²) in [5.41, 5.74) is 5.66. The Hall–Kier alpha value is -0.130. The van der Waals surface area contributed by atoms with Gasteiger partial charge in [0.15, 0.2) is 9.84 Å². The van der Waals surface area contributed by atoms with E-state index >= 15 is 0 Å². The molecule has 1 atom stereocenters. The van der Waals surface area contributed by atoms with Gasteiger partial charge in [-0.2, -0.15) is 0 Å². The summed E-state index contributed by atoms with van der Waals surface area (Å²) in [6.45, 7) is 5.05. The SMILES string of the molecule is CC(C)C1CCC(CN)(OC2CCS(=O)(=O)C2)CC1. The van der Waals surface area contributed by atoms with Gasteiger partial charge in [-0.05, 0) is 43.9 Å². The molecule has 2 fully saturated rings. The van der Waals surface area contributed by atoms with Crippen LogP contribution >= 0.6 is 0 Å². The molecule has 2 N–H and O–H groups in total. The topological polar surface area (TPSA) is 69.4 Å². The lowest BCUT2D eigenvalue weighted by molar-refractivity contribution is -0.107. The van der Waals surface area contributed by atoms with E-state index in [4.69, 9.17) is 10.5 Å². The summed E-state index contributed by atoms with van der Waals surface area (Å²) in [6, 6.07) is 0. The lowest BCUT2D eigenvalue weighted by atomic mass is 9.74. The van der Waals surface area contributed by atoms with Gasteiger partial charge in [-0.15, -0.1) is 0 Å². The molecule has 0 spiro atoms. The first-order valence-electron chi connectivity index (χ1n) is 7.44. The molecule has 1 heterocycles. The van der Waals surface area contributed by atoms with E-state index in [-0.39, 0.29) is 23.2 Å². The van der Waals surface area contributed by atoms with Gasteiger partial charge in [-0.25, -0.2) is 8.42 Å². The van der Waals surface area contributed by atoms with Gasteiger partial charge in [-0.1, -0.05) is 13.8 Å². The van der Waals surface area contributed by atoms with Gasteiger partial charge in [0.05, 0.1) is 23.2 Å². The van der Waals surface area contributed by atoms with Gasteiger partial charge in [0.25, 0.3) is 0 Å². The van der Waals surface area contributed by atoms with Crippen molar-refractivity contribution in [1.29, 1.82) is 0 Å². The number of sulfone groups is 1. The van der Waals surface area contributed by atoms with E-state index < -0.39 is 9.84 Å². The number of ether oxygens (including phenoxy) is 1. The molecule has 1 aliphatic heterocycles. The second-order valence-electron chi connectivity index (χ2n) is 6.61. The monoisotopic (exact) mass is 289 g/mol. The highest BCUT2D eigenvalue weighted by Gasteiger charge is 2.40. The Morgan fingerprint density at radius 1 is 1.26 bits per heavy atom. The predicted octanol–water partition coefficient (Wildman–Crippen LogP) is 1.73. The van der Waals surface area contributed by atoms with Crippen LogP contribution in [-0.4, -0.2) is 38.2 Å². The fourth-order valence-electron chi connectivity index (χ4n) is 3.41. The van der Waals surface area contributed by atoms with E-state index in [1.54, 1.807) is 0 Å². The molecule has 0 amide bonds. The van der Waals surface area contributed by atoms with E-state index in [1.165, 1.54) is 0 Å². The number of hydrogen-bond donors (Lipinski definition) is 1. The molecule has 0 bridgehead atoms. The zero-order chi connectivity index (χ0) is 14.1. The highest BCUT2D eigenvalue weighted by atomic mass is 32.2. The first-order chi connectivity index (χ1) is 8.86. The van der Waals surface area contributed by atoms with E-state index in [0.29, 0.717) is 18.9 Å². The minimum atomic E-state index is -2.87. The molecule has 1 saturated carbocycles. The van der Waals surface area contributed by atoms with Crippen LogP contribution in [-0.2, 0) is 14.6 Å². The second-order valence-corrected chi connectivity index (χ2v) is 8.84. The van der Waals surface area contributed by atoms with Gasteiger partial charge in [0.1, 0.15) is 0 Å². The molecule has 0 aromatic heterocycles. The molecule has 0 aromatic rings. The van der Waals surface area contributed by atoms with Gasteiger partial charge >= 0.3 is 0 Å². The summed E-state index contributed by atoms with van der Waals surface area (Å²) in [5.74, 6) is 1.92. The highest BCUT2D eigenvalue weighted by Crippen LogP contribution is 2.39. The second kappa shape index (κ2) is 5.70. The van der Waals surface area contributed by atoms with Crippen molar-refractivity contribution in [2.75, 3.05) is 18.1 Å². The van der Waals surface area contributed by atoms with Crippen LogP contribution in [0.25, 0.3) is 0 Å². The fraction of sp³-hybridized carbons (Fsp3) is 1.00. The third-order valence-electron chi connectivity index (χ3n) is 4.86. The largest absolute Gasteiger partial charge is 0.369 e. The van der Waals surface area contributed by atoms with Crippen LogP contribution in [0, 0.1) is 11.8 Å². The predicted molar refractivity (Wildman–Crippen MR) is 76.7 cm³/mol. The third-order valence-corrected chi connectivity index (χ3v) is 6.60. The van der Waals surface area contributed by atoms with Crippen LogP contribution in [0.5, 0.6) is 0 Å². The maximum atomic E-state index is 11.5. The van der Waals surface area contributed by atoms with Crippen molar-refractivity contribution in [2.45, 2.75) is 57.7 Å². The summed E-state index contributed by atoms with van der Waals surface area (Å²) in [5, 5.41) is 0. The fourth-order valence-corrected chi connectivity index (χ4v) is 5.00. The summed E-state index contributed by atoms with van der Waals surface area (Å²) in [6.07, 6.45) is 4.75. The van der Waals surface area contributed by atoms with Gasteiger partial charge < -0.3 is 10.5 Å². The van der Waals surface area contributed by atoms with Crippen molar-refractivity contribution >= 4 is 9.84 Å². The van der Waals surface area contributed by atoms with Crippen LogP contribution in [0.2, 0.25) is 0 Å². The zero-order valence-electron chi connectivity index (χ0n) is 12.1. The summed E-state index contributed by atoms with van der Waals surface area (Å²) in [7, 11) is -2.87. The lowest BCUT2D eigenvalue weighted by Crippen LogP contribution is -2.47. The molecule has 0 radical (unpaired) electrons. The quantitative estimate of drug-likeness (QED) is 0.856. The molecular weight excluding hydrogens is 262 g/mol. The Bertz CT molecular complexity index is 397. The van der Waals surface area contributed by atoms with Crippen molar-refractivity contribution in [1.82, 2.24) is 0 Å². The summed E-state index contributed by atoms with van der Waals surface area (Å²) < 4.78 is 29.2. The molecule has 2 rings (SSSR count). The zero-order valence-corrected chi connectivity index (χ0v) is 12.9. The number of hydrogen-bond acceptors (Lipinski definition) is 4. The molecule has 1 aliphatic carbocycles. The third kappa shape index (κ3) is 3.70. The van der Waals surface area contributed by atoms with E-state index in [2.05, 4.69) is 13.8 Å². The maximum Gasteiger partial charge on any atom is 0.152 e. The van der Waals surface area contributed by atoms with Crippen LogP contribution in [0.3, 0.4) is 0 Å². The van der Waals surface area contributed by atoms with Crippen LogP contribution in [0.15, 0.2) is 0 Å². The van der Waals surface area contributed by atoms with Gasteiger partial charge in [0.2, 0.25) is 0 Å². The highest BCUT2D eigenvalue weighted by molar-refractivity contribution is 7.91. The van der Waals surface area contributed by atoms with E-state index in [1.807, 2.05) is 0 Å². The minimum absolute atomic E-state index is 0.135. The molecular formula is C14H27NO3S. The van der Waals surface area contributed by atoms with Gasteiger partial charge in [0, 0.05) is 6.54 Å². The first kappa shape index (κ1) is 15.3. The Morgan fingerprint density at radius 2 is 1.89 bits per heavy atom. The summed E-state index contributed by atoms with van der Waals surface area (Å²) in [4.78, 5) is 0. The van der Waals surface area contributed by atoms with E-state index in [9.17, 15) is 8.42 Å². The smallest absolute Gasteiger partial charge is 0.152 e. The van der Waals surface area contributed by atoms with Crippen LogP contribution < -0.4 is 5.73 Å². The molecule has 0 aromatic carbocycles. The molecule has 112 valence electrons. The first-order valence-corrected chi connectivity index (χ1v) is 9.26. The van der Waals surface area contributed by atoms with E-state index in [0.717, 1.165) is 31.6 Å². The molecule has 5 heteroatoms. The lowest BCUT2D eigenvalue weighted by Gasteiger charge is -2.42. The summed E-state index contributed by atoms with van der Waals surface area (Å²) >= 11 is 0.